The van der Waals surface area contributed by atoms with Gasteiger partial charge in [-0.25, -0.2) is 8.78 Å². The van der Waals surface area contributed by atoms with Crippen LogP contribution >= 0.6 is 0 Å². The first kappa shape index (κ1) is 9.60. The van der Waals surface area contributed by atoms with E-state index in [0.717, 1.165) is 13.3 Å². The van der Waals surface area contributed by atoms with Crippen molar-refractivity contribution in [3.63, 3.8) is 0 Å². The Balaban J connectivity index is 3.20. The van der Waals surface area contributed by atoms with Crippen LogP contribution in [-0.4, -0.2) is 5.92 Å². The Hall–Kier alpha value is -0.400. The number of halogens is 2. The Bertz CT molecular complexity index is 100. The fourth-order valence-electron chi connectivity index (χ4n) is 0.697. The molecule has 0 rings (SSSR count). The summed E-state index contributed by atoms with van der Waals surface area (Å²) in [6, 6.07) is 0. The first-order valence-electron chi connectivity index (χ1n) is 3.55. The second-order valence-electron chi connectivity index (χ2n) is 2.53. The van der Waals surface area contributed by atoms with E-state index in [9.17, 15) is 8.78 Å². The van der Waals surface area contributed by atoms with E-state index in [4.69, 9.17) is 0 Å². The maximum absolute atomic E-state index is 12.1. The number of allylic oxidation sites excluding steroid dienone is 2. The van der Waals surface area contributed by atoms with Gasteiger partial charge in [0.2, 0.25) is 5.92 Å². The van der Waals surface area contributed by atoms with Crippen LogP contribution in [0.2, 0.25) is 0 Å². The van der Waals surface area contributed by atoms with Crippen molar-refractivity contribution in [3.8, 4) is 0 Å². The molecule has 0 bridgehead atoms. The molecule has 0 aliphatic heterocycles. The first-order valence-corrected chi connectivity index (χ1v) is 3.55. The molecule has 2 heteroatoms. The van der Waals surface area contributed by atoms with E-state index in [1.807, 2.05) is 19.1 Å². The average molecular weight is 148 g/mol. The van der Waals surface area contributed by atoms with Crippen molar-refractivity contribution in [2.75, 3.05) is 0 Å². The third-order valence-corrected chi connectivity index (χ3v) is 1.22. The number of hydrogen-bond donors (Lipinski definition) is 0. The molecule has 10 heavy (non-hydrogen) atoms. The molecule has 0 aromatic carbocycles. The molecule has 60 valence electrons. The molecule has 0 N–H and O–H groups in total. The normalized spacial score (nSPS) is 12.8. The minimum absolute atomic E-state index is 0.00264. The Kier molecular flexibility index (Phi) is 4.24. The van der Waals surface area contributed by atoms with E-state index in [2.05, 4.69) is 0 Å². The zero-order chi connectivity index (χ0) is 8.04. The lowest BCUT2D eigenvalue weighted by atomic mass is 10.1. The van der Waals surface area contributed by atoms with Crippen molar-refractivity contribution in [3.05, 3.63) is 12.2 Å². The van der Waals surface area contributed by atoms with Crippen LogP contribution < -0.4 is 0 Å². The summed E-state index contributed by atoms with van der Waals surface area (Å²) in [5.41, 5.74) is 0. The van der Waals surface area contributed by atoms with Crippen LogP contribution in [0.5, 0.6) is 0 Å². The highest BCUT2D eigenvalue weighted by Crippen LogP contribution is 2.19. The minimum Gasteiger partial charge on any atom is -0.207 e. The number of rotatable bonds is 4. The fourth-order valence-corrected chi connectivity index (χ4v) is 0.697. The summed E-state index contributed by atoms with van der Waals surface area (Å²) >= 11 is 0. The lowest BCUT2D eigenvalue weighted by molar-refractivity contribution is 0.0113. The van der Waals surface area contributed by atoms with Gasteiger partial charge in [-0.2, -0.15) is 0 Å². The van der Waals surface area contributed by atoms with Gasteiger partial charge in [0.15, 0.2) is 0 Å². The second kappa shape index (κ2) is 4.42. The SMILES string of the molecule is C/C=C/CCCC(C)(F)F. The predicted molar refractivity (Wildman–Crippen MR) is 39.3 cm³/mol. The Labute approximate surface area is 60.9 Å². The zero-order valence-corrected chi connectivity index (χ0v) is 6.53. The highest BCUT2D eigenvalue weighted by molar-refractivity contribution is 4.77. The van der Waals surface area contributed by atoms with Crippen LogP contribution in [0.15, 0.2) is 12.2 Å². The van der Waals surface area contributed by atoms with Crippen molar-refractivity contribution in [2.24, 2.45) is 0 Å². The standard InChI is InChI=1S/C8H14F2/c1-3-4-5-6-7-8(2,9)10/h3-4H,5-7H2,1-2H3/b4-3+. The summed E-state index contributed by atoms with van der Waals surface area (Å²) in [5, 5.41) is 0. The largest absolute Gasteiger partial charge is 0.245 e. The van der Waals surface area contributed by atoms with Gasteiger partial charge in [0.1, 0.15) is 0 Å². The molecule has 0 nitrogen and oxygen atoms in total. The molecule has 0 aliphatic rings. The second-order valence-corrected chi connectivity index (χ2v) is 2.53. The van der Waals surface area contributed by atoms with Crippen molar-refractivity contribution >= 4 is 0 Å². The van der Waals surface area contributed by atoms with Crippen molar-refractivity contribution < 1.29 is 8.78 Å². The summed E-state index contributed by atoms with van der Waals surface area (Å²) < 4.78 is 24.3. The maximum Gasteiger partial charge on any atom is 0.245 e. The molecule has 0 radical (unpaired) electrons. The molecule has 0 heterocycles. The molecule has 0 saturated carbocycles. The van der Waals surface area contributed by atoms with Crippen molar-refractivity contribution in [2.45, 2.75) is 39.0 Å². The smallest absolute Gasteiger partial charge is 0.207 e. The third-order valence-electron chi connectivity index (χ3n) is 1.22. The van der Waals surface area contributed by atoms with E-state index in [0.29, 0.717) is 6.42 Å². The minimum atomic E-state index is -2.48. The predicted octanol–water partition coefficient (Wildman–Crippen LogP) is 3.39. The van der Waals surface area contributed by atoms with Crippen LogP contribution in [0.25, 0.3) is 0 Å². The van der Waals surface area contributed by atoms with Crippen LogP contribution in [-0.2, 0) is 0 Å². The fraction of sp³-hybridized carbons (Fsp3) is 0.750. The van der Waals surface area contributed by atoms with Gasteiger partial charge in [-0.05, 0) is 26.7 Å². The Morgan fingerprint density at radius 1 is 1.40 bits per heavy atom. The molecule has 0 atom stereocenters. The van der Waals surface area contributed by atoms with E-state index in [1.54, 1.807) is 0 Å². The van der Waals surface area contributed by atoms with Gasteiger partial charge in [0.25, 0.3) is 0 Å². The van der Waals surface area contributed by atoms with Crippen LogP contribution in [0, 0.1) is 0 Å². The molecule has 0 aliphatic carbocycles. The number of unbranched alkanes of at least 4 members (excludes halogenated alkanes) is 1. The van der Waals surface area contributed by atoms with Crippen molar-refractivity contribution in [1.82, 2.24) is 0 Å². The van der Waals surface area contributed by atoms with Crippen LogP contribution in [0.3, 0.4) is 0 Å². The zero-order valence-electron chi connectivity index (χ0n) is 6.53. The number of alkyl halides is 2. The first-order chi connectivity index (χ1) is 4.56. The van der Waals surface area contributed by atoms with Crippen molar-refractivity contribution in [1.29, 1.82) is 0 Å². The molecular weight excluding hydrogens is 134 g/mol. The molecule has 0 aromatic rings. The topological polar surface area (TPSA) is 0 Å². The van der Waals surface area contributed by atoms with Crippen LogP contribution in [0.4, 0.5) is 8.78 Å². The van der Waals surface area contributed by atoms with Gasteiger partial charge >= 0.3 is 0 Å². The average Bonchev–Trinajstić information content (AvgIpc) is 1.78. The van der Waals surface area contributed by atoms with Gasteiger partial charge in [-0.15, -0.1) is 0 Å². The monoisotopic (exact) mass is 148 g/mol. The highest BCUT2D eigenvalue weighted by atomic mass is 19.3. The Morgan fingerprint density at radius 2 is 2.00 bits per heavy atom. The van der Waals surface area contributed by atoms with Gasteiger partial charge in [-0.3, -0.25) is 0 Å². The quantitative estimate of drug-likeness (QED) is 0.423. The van der Waals surface area contributed by atoms with E-state index in [-0.39, 0.29) is 6.42 Å². The summed E-state index contributed by atoms with van der Waals surface area (Å²) in [6.07, 6.45) is 5.13. The number of hydrogen-bond acceptors (Lipinski definition) is 0. The molecular formula is C8H14F2. The molecule has 0 spiro atoms. The molecule has 0 amide bonds. The Morgan fingerprint density at radius 3 is 2.40 bits per heavy atom. The summed E-state index contributed by atoms with van der Waals surface area (Å²) in [6.45, 7) is 2.85. The lowest BCUT2D eigenvalue weighted by Gasteiger charge is -2.07. The van der Waals surface area contributed by atoms with Gasteiger partial charge in [0.05, 0.1) is 0 Å². The van der Waals surface area contributed by atoms with Gasteiger partial charge in [-0.1, -0.05) is 12.2 Å². The maximum atomic E-state index is 12.1. The molecule has 0 aromatic heterocycles. The molecule has 0 fully saturated rings. The third kappa shape index (κ3) is 7.60. The summed E-state index contributed by atoms with van der Waals surface area (Å²) in [7, 11) is 0. The molecule has 0 saturated heterocycles. The van der Waals surface area contributed by atoms with E-state index in [1.165, 1.54) is 0 Å². The lowest BCUT2D eigenvalue weighted by Crippen LogP contribution is -2.08. The van der Waals surface area contributed by atoms with Crippen LogP contribution in [0.1, 0.15) is 33.1 Å². The molecule has 0 unspecified atom stereocenters. The van der Waals surface area contributed by atoms with E-state index >= 15 is 0 Å². The van der Waals surface area contributed by atoms with Gasteiger partial charge in [0, 0.05) is 6.42 Å². The summed E-state index contributed by atoms with van der Waals surface area (Å²) in [5.74, 6) is -2.48. The van der Waals surface area contributed by atoms with Gasteiger partial charge < -0.3 is 0 Å². The highest BCUT2D eigenvalue weighted by Gasteiger charge is 2.18. The summed E-state index contributed by atoms with van der Waals surface area (Å²) in [4.78, 5) is 0. The van der Waals surface area contributed by atoms with E-state index < -0.39 is 5.92 Å².